The molecular formula is C23H13Cl2N7O2S. The summed E-state index contributed by atoms with van der Waals surface area (Å²) in [4.78, 5) is 26.2. The number of aromatic amines is 1. The molecule has 0 aliphatic heterocycles. The molecule has 0 bridgehead atoms. The number of hydrogen-bond donors (Lipinski definition) is 2. The number of benzene rings is 1. The van der Waals surface area contributed by atoms with Gasteiger partial charge in [-0.3, -0.25) is 9.89 Å². The summed E-state index contributed by atoms with van der Waals surface area (Å²) >= 11 is 14.0. The molecule has 0 saturated carbocycles. The Hall–Kier alpha value is -4.04. The summed E-state index contributed by atoms with van der Waals surface area (Å²) in [6.45, 7) is 9.67. The molecule has 172 valence electrons. The van der Waals surface area contributed by atoms with E-state index in [9.17, 15) is 4.79 Å². The molecule has 1 aromatic carbocycles. The van der Waals surface area contributed by atoms with Crippen LogP contribution in [0.3, 0.4) is 0 Å². The quantitative estimate of drug-likeness (QED) is 0.249. The van der Waals surface area contributed by atoms with Gasteiger partial charge in [-0.25, -0.2) is 14.8 Å². The van der Waals surface area contributed by atoms with Crippen LogP contribution in [0.2, 0.25) is 10.0 Å². The van der Waals surface area contributed by atoms with E-state index in [0.717, 1.165) is 0 Å². The van der Waals surface area contributed by atoms with Gasteiger partial charge in [-0.2, -0.15) is 5.10 Å². The van der Waals surface area contributed by atoms with Gasteiger partial charge in [-0.15, -0.1) is 11.3 Å². The molecule has 9 nitrogen and oxygen atoms in total. The van der Waals surface area contributed by atoms with E-state index in [0.29, 0.717) is 59.6 Å². The molecule has 0 spiro atoms. The zero-order valence-corrected chi connectivity index (χ0v) is 20.2. The molecule has 12 heteroatoms. The third kappa shape index (κ3) is 4.40. The first-order valence-corrected chi connectivity index (χ1v) is 11.6. The largest absolute Gasteiger partial charge is 0.361 e. The normalized spacial score (nSPS) is 10.8. The molecule has 0 radical (unpaired) electrons. The van der Waals surface area contributed by atoms with Crippen LogP contribution in [0, 0.1) is 13.5 Å². The highest BCUT2D eigenvalue weighted by atomic mass is 35.5. The second-order valence-electron chi connectivity index (χ2n) is 7.26. The zero-order valence-electron chi connectivity index (χ0n) is 17.8. The van der Waals surface area contributed by atoms with E-state index in [1.165, 1.54) is 23.7 Å². The van der Waals surface area contributed by atoms with Gasteiger partial charge in [0.1, 0.15) is 17.9 Å². The number of nitrogens with zero attached hydrogens (tertiary/aromatic N) is 5. The number of amides is 1. The number of nitrogens with one attached hydrogen (secondary N) is 2. The van der Waals surface area contributed by atoms with E-state index in [4.69, 9.17) is 34.3 Å². The number of halogens is 2. The van der Waals surface area contributed by atoms with E-state index in [-0.39, 0.29) is 5.69 Å². The molecule has 5 rings (SSSR count). The van der Waals surface area contributed by atoms with Gasteiger partial charge in [-0.05, 0) is 42.3 Å². The SMILES string of the molecule is [C-]#[N+]c1c(-c2ccnc(NC(=O)c3cc(C)on3)c2)sc(-c2ncn[nH]2)c1-c1ccc(Cl)cc1Cl. The van der Waals surface area contributed by atoms with Crippen LogP contribution >= 0.6 is 34.5 Å². The molecule has 0 saturated heterocycles. The van der Waals surface area contributed by atoms with Gasteiger partial charge in [-0.1, -0.05) is 34.4 Å². The van der Waals surface area contributed by atoms with Crippen LogP contribution in [0.5, 0.6) is 0 Å². The maximum Gasteiger partial charge on any atom is 0.279 e. The van der Waals surface area contributed by atoms with Crippen molar-refractivity contribution >= 4 is 52.0 Å². The first-order chi connectivity index (χ1) is 16.9. The van der Waals surface area contributed by atoms with Crippen LogP contribution in [-0.2, 0) is 0 Å². The maximum atomic E-state index is 12.5. The average molecular weight is 522 g/mol. The molecule has 35 heavy (non-hydrogen) atoms. The van der Waals surface area contributed by atoms with Crippen molar-refractivity contribution in [2.24, 2.45) is 0 Å². The van der Waals surface area contributed by atoms with Crippen molar-refractivity contribution < 1.29 is 9.32 Å². The molecule has 2 N–H and O–H groups in total. The van der Waals surface area contributed by atoms with Crippen LogP contribution in [-0.4, -0.2) is 31.2 Å². The summed E-state index contributed by atoms with van der Waals surface area (Å²) in [6.07, 6.45) is 2.95. The molecule has 1 amide bonds. The lowest BCUT2D eigenvalue weighted by atomic mass is 10.0. The Morgan fingerprint density at radius 2 is 2.03 bits per heavy atom. The Morgan fingerprint density at radius 1 is 1.17 bits per heavy atom. The Balaban J connectivity index is 1.62. The fraction of sp³-hybridized carbons (Fsp3) is 0.0435. The van der Waals surface area contributed by atoms with Gasteiger partial charge in [0.05, 0.1) is 11.4 Å². The Morgan fingerprint density at radius 3 is 2.71 bits per heavy atom. The highest BCUT2D eigenvalue weighted by Crippen LogP contribution is 2.53. The number of anilines is 1. The third-order valence-corrected chi connectivity index (χ3v) is 6.73. The third-order valence-electron chi connectivity index (χ3n) is 4.95. The molecule has 4 aromatic heterocycles. The molecule has 0 aliphatic rings. The lowest BCUT2D eigenvalue weighted by Gasteiger charge is -2.07. The average Bonchev–Trinajstić information content (AvgIpc) is 3.59. The highest BCUT2D eigenvalue weighted by molar-refractivity contribution is 7.20. The standard InChI is InChI=1S/C23H13Cl2N7O2S/c1-11-7-16(32-34-11)23(33)30-17-8-12(5-6-27-17)20-19(26-2)18(14-4-3-13(24)9-15(14)25)21(35-20)22-28-10-29-31-22/h3-10H,1H3,(H,27,30,33)(H,28,29,31). The number of aryl methyl sites for hydroxylation is 1. The number of rotatable bonds is 5. The molecule has 0 fully saturated rings. The van der Waals surface area contributed by atoms with Gasteiger partial charge in [0.2, 0.25) is 5.69 Å². The van der Waals surface area contributed by atoms with Crippen LogP contribution < -0.4 is 5.32 Å². The number of thiophene rings is 1. The molecule has 4 heterocycles. The predicted molar refractivity (Wildman–Crippen MR) is 134 cm³/mol. The second-order valence-corrected chi connectivity index (χ2v) is 9.12. The van der Waals surface area contributed by atoms with Crippen molar-refractivity contribution in [1.29, 1.82) is 0 Å². The van der Waals surface area contributed by atoms with E-state index in [1.807, 2.05) is 0 Å². The molecule has 0 aliphatic carbocycles. The number of H-pyrrole nitrogens is 1. The number of aromatic nitrogens is 5. The minimum Gasteiger partial charge on any atom is -0.361 e. The Kier molecular flexibility index (Phi) is 6.05. The van der Waals surface area contributed by atoms with Crippen molar-refractivity contribution in [3.8, 4) is 32.3 Å². The van der Waals surface area contributed by atoms with Gasteiger partial charge in [0.15, 0.2) is 11.5 Å². The number of carbonyl (C=O) groups is 1. The van der Waals surface area contributed by atoms with Gasteiger partial charge < -0.3 is 9.84 Å². The smallest absolute Gasteiger partial charge is 0.279 e. The van der Waals surface area contributed by atoms with Crippen molar-refractivity contribution in [1.82, 2.24) is 25.3 Å². The van der Waals surface area contributed by atoms with Gasteiger partial charge >= 0.3 is 0 Å². The van der Waals surface area contributed by atoms with Crippen LogP contribution in [0.25, 0.3) is 37.1 Å². The van der Waals surface area contributed by atoms with Crippen molar-refractivity contribution in [3.63, 3.8) is 0 Å². The number of hydrogen-bond acceptors (Lipinski definition) is 7. The van der Waals surface area contributed by atoms with Crippen LogP contribution in [0.15, 0.2) is 53.4 Å². The lowest BCUT2D eigenvalue weighted by Crippen LogP contribution is -2.13. The van der Waals surface area contributed by atoms with Crippen molar-refractivity contribution in [3.05, 3.63) is 81.8 Å². The Labute approximate surface area is 212 Å². The highest BCUT2D eigenvalue weighted by Gasteiger charge is 2.25. The minimum absolute atomic E-state index is 0.139. The summed E-state index contributed by atoms with van der Waals surface area (Å²) < 4.78 is 4.96. The molecule has 0 atom stereocenters. The van der Waals surface area contributed by atoms with E-state index in [2.05, 4.69) is 35.5 Å². The number of pyridine rings is 1. The first kappa shape index (κ1) is 22.7. The fourth-order valence-corrected chi connectivity index (χ4v) is 5.14. The molecule has 5 aromatic rings. The maximum absolute atomic E-state index is 12.5. The monoisotopic (exact) mass is 521 g/mol. The summed E-state index contributed by atoms with van der Waals surface area (Å²) in [6, 6.07) is 10.1. The van der Waals surface area contributed by atoms with E-state index < -0.39 is 5.91 Å². The Bertz CT molecular complexity index is 1600. The van der Waals surface area contributed by atoms with E-state index >= 15 is 0 Å². The van der Waals surface area contributed by atoms with Crippen LogP contribution in [0.1, 0.15) is 16.2 Å². The predicted octanol–water partition coefficient (Wildman–Crippen LogP) is 6.67. The fourth-order valence-electron chi connectivity index (χ4n) is 3.44. The summed E-state index contributed by atoms with van der Waals surface area (Å²) in [5, 5.41) is 14.1. The van der Waals surface area contributed by atoms with Gasteiger partial charge in [0, 0.05) is 32.7 Å². The minimum atomic E-state index is -0.459. The summed E-state index contributed by atoms with van der Waals surface area (Å²) in [5.41, 5.74) is 2.44. The zero-order chi connectivity index (χ0) is 24.5. The number of carbonyl (C=O) groups excluding carboxylic acids is 1. The summed E-state index contributed by atoms with van der Waals surface area (Å²) in [5.74, 6) is 0.852. The molecule has 0 unspecified atom stereocenters. The van der Waals surface area contributed by atoms with Crippen molar-refractivity contribution in [2.75, 3.05) is 5.32 Å². The topological polar surface area (TPSA) is 114 Å². The first-order valence-electron chi connectivity index (χ1n) is 10.0. The molecular weight excluding hydrogens is 509 g/mol. The van der Waals surface area contributed by atoms with Crippen LogP contribution in [0.4, 0.5) is 11.5 Å². The second kappa shape index (κ2) is 9.31. The van der Waals surface area contributed by atoms with E-state index in [1.54, 1.807) is 43.5 Å². The van der Waals surface area contributed by atoms with Gasteiger partial charge in [0.25, 0.3) is 5.91 Å². The lowest BCUT2D eigenvalue weighted by molar-refractivity contribution is 0.101. The van der Waals surface area contributed by atoms with Crippen molar-refractivity contribution in [2.45, 2.75) is 6.92 Å². The summed E-state index contributed by atoms with van der Waals surface area (Å²) in [7, 11) is 0.